The molecule has 122 valence electrons. The van der Waals surface area contributed by atoms with Crippen LogP contribution in [0.2, 0.25) is 5.02 Å². The maximum absolute atomic E-state index is 12.4. The van der Waals surface area contributed by atoms with Crippen LogP contribution in [0.25, 0.3) is 0 Å². The van der Waals surface area contributed by atoms with Gasteiger partial charge in [0.25, 0.3) is 0 Å². The molecular formula is C15H21ClN2O3S. The number of benzene rings is 1. The SMILES string of the molecule is CCS(=O)(=O)N1CCCC(C(=O)Nc2ccc(Cl)cc2C)C1. The van der Waals surface area contributed by atoms with Crippen LogP contribution in [0.3, 0.4) is 0 Å². The summed E-state index contributed by atoms with van der Waals surface area (Å²) in [4.78, 5) is 12.4. The highest BCUT2D eigenvalue weighted by Gasteiger charge is 2.31. The Labute approximate surface area is 136 Å². The Morgan fingerprint density at radius 2 is 2.18 bits per heavy atom. The molecule has 0 aliphatic carbocycles. The number of sulfonamides is 1. The molecule has 1 aromatic carbocycles. The lowest BCUT2D eigenvalue weighted by atomic mass is 9.98. The van der Waals surface area contributed by atoms with Gasteiger partial charge < -0.3 is 5.32 Å². The Kier molecular flexibility index (Phi) is 5.47. The first kappa shape index (κ1) is 17.2. The van der Waals surface area contributed by atoms with Gasteiger partial charge in [-0.15, -0.1) is 0 Å². The van der Waals surface area contributed by atoms with Crippen LogP contribution in [0.4, 0.5) is 5.69 Å². The zero-order valence-electron chi connectivity index (χ0n) is 12.8. The minimum Gasteiger partial charge on any atom is -0.326 e. The maximum Gasteiger partial charge on any atom is 0.228 e. The van der Waals surface area contributed by atoms with Gasteiger partial charge in [0.1, 0.15) is 0 Å². The zero-order valence-corrected chi connectivity index (χ0v) is 14.4. The topological polar surface area (TPSA) is 66.5 Å². The van der Waals surface area contributed by atoms with E-state index < -0.39 is 10.0 Å². The quantitative estimate of drug-likeness (QED) is 0.913. The molecule has 2 rings (SSSR count). The number of hydrogen-bond acceptors (Lipinski definition) is 3. The normalized spacial score (nSPS) is 19.9. The molecule has 7 heteroatoms. The van der Waals surface area contributed by atoms with E-state index in [9.17, 15) is 13.2 Å². The number of amides is 1. The molecule has 0 radical (unpaired) electrons. The molecule has 0 bridgehead atoms. The minimum atomic E-state index is -3.24. The number of nitrogens with one attached hydrogen (secondary N) is 1. The van der Waals surface area contributed by atoms with Crippen molar-refractivity contribution in [1.82, 2.24) is 4.31 Å². The minimum absolute atomic E-state index is 0.0671. The highest BCUT2D eigenvalue weighted by Crippen LogP contribution is 2.24. The van der Waals surface area contributed by atoms with E-state index in [4.69, 9.17) is 11.6 Å². The molecule has 1 unspecified atom stereocenters. The van der Waals surface area contributed by atoms with Gasteiger partial charge in [-0.3, -0.25) is 4.79 Å². The van der Waals surface area contributed by atoms with Crippen molar-refractivity contribution in [3.05, 3.63) is 28.8 Å². The Bertz CT molecular complexity index is 661. The first-order valence-electron chi connectivity index (χ1n) is 7.38. The van der Waals surface area contributed by atoms with E-state index >= 15 is 0 Å². The van der Waals surface area contributed by atoms with Crippen molar-refractivity contribution in [1.29, 1.82) is 0 Å². The van der Waals surface area contributed by atoms with Gasteiger partial charge in [-0.1, -0.05) is 11.6 Å². The molecule has 0 aromatic heterocycles. The lowest BCUT2D eigenvalue weighted by Crippen LogP contribution is -2.44. The van der Waals surface area contributed by atoms with E-state index in [1.807, 2.05) is 6.92 Å². The monoisotopic (exact) mass is 344 g/mol. The Balaban J connectivity index is 2.06. The van der Waals surface area contributed by atoms with Crippen LogP contribution in [-0.4, -0.2) is 37.5 Å². The Hall–Kier alpha value is -1.11. The van der Waals surface area contributed by atoms with Crippen molar-refractivity contribution in [3.8, 4) is 0 Å². The number of nitrogens with zero attached hydrogens (tertiary/aromatic N) is 1. The average molecular weight is 345 g/mol. The molecule has 1 aliphatic rings. The van der Waals surface area contributed by atoms with Crippen LogP contribution in [0, 0.1) is 12.8 Å². The molecule has 1 heterocycles. The summed E-state index contributed by atoms with van der Waals surface area (Å²) in [6, 6.07) is 5.27. The molecule has 1 atom stereocenters. The van der Waals surface area contributed by atoms with Gasteiger partial charge in [0, 0.05) is 23.8 Å². The second-order valence-corrected chi connectivity index (χ2v) is 8.24. The number of carbonyl (C=O) groups excluding carboxylic acids is 1. The number of anilines is 1. The van der Waals surface area contributed by atoms with Gasteiger partial charge in [-0.2, -0.15) is 0 Å². The van der Waals surface area contributed by atoms with E-state index in [2.05, 4.69) is 5.32 Å². The summed E-state index contributed by atoms with van der Waals surface area (Å²) >= 11 is 5.90. The summed E-state index contributed by atoms with van der Waals surface area (Å²) in [5.41, 5.74) is 1.60. The van der Waals surface area contributed by atoms with E-state index in [0.29, 0.717) is 30.1 Å². The second-order valence-electron chi connectivity index (χ2n) is 5.55. The molecule has 1 amide bonds. The third-order valence-electron chi connectivity index (χ3n) is 3.96. The smallest absolute Gasteiger partial charge is 0.228 e. The summed E-state index contributed by atoms with van der Waals surface area (Å²) < 4.78 is 25.3. The molecule has 1 aromatic rings. The van der Waals surface area contributed by atoms with Gasteiger partial charge in [0.05, 0.1) is 11.7 Å². The predicted octanol–water partition coefficient (Wildman–Crippen LogP) is 2.65. The molecule has 5 nitrogen and oxygen atoms in total. The van der Waals surface area contributed by atoms with Crippen LogP contribution >= 0.6 is 11.6 Å². The summed E-state index contributed by atoms with van der Waals surface area (Å²) in [5.74, 6) is -0.385. The Morgan fingerprint density at radius 1 is 1.45 bits per heavy atom. The van der Waals surface area contributed by atoms with Crippen molar-refractivity contribution in [3.63, 3.8) is 0 Å². The fourth-order valence-electron chi connectivity index (χ4n) is 2.59. The fourth-order valence-corrected chi connectivity index (χ4v) is 4.00. The third kappa shape index (κ3) is 4.00. The lowest BCUT2D eigenvalue weighted by molar-refractivity contribution is -0.120. The van der Waals surface area contributed by atoms with Gasteiger partial charge >= 0.3 is 0 Å². The first-order valence-corrected chi connectivity index (χ1v) is 9.37. The van der Waals surface area contributed by atoms with Crippen LogP contribution in [0.15, 0.2) is 18.2 Å². The van der Waals surface area contributed by atoms with E-state index in [1.165, 1.54) is 4.31 Å². The number of hydrogen-bond donors (Lipinski definition) is 1. The number of aryl methyl sites for hydroxylation is 1. The lowest BCUT2D eigenvalue weighted by Gasteiger charge is -2.31. The zero-order chi connectivity index (χ0) is 16.3. The summed E-state index contributed by atoms with van der Waals surface area (Å²) in [5, 5.41) is 3.50. The van der Waals surface area contributed by atoms with E-state index in [0.717, 1.165) is 5.56 Å². The van der Waals surface area contributed by atoms with Crippen molar-refractivity contribution >= 4 is 33.2 Å². The van der Waals surface area contributed by atoms with Gasteiger partial charge in [-0.25, -0.2) is 12.7 Å². The van der Waals surface area contributed by atoms with Gasteiger partial charge in [-0.05, 0) is 50.5 Å². The molecule has 1 aliphatic heterocycles. The highest BCUT2D eigenvalue weighted by molar-refractivity contribution is 7.89. The molecule has 1 N–H and O–H groups in total. The number of rotatable bonds is 4. The summed E-state index contributed by atoms with van der Waals surface area (Å²) in [7, 11) is -3.24. The predicted molar refractivity (Wildman–Crippen MR) is 88.6 cm³/mol. The average Bonchev–Trinajstić information content (AvgIpc) is 2.50. The van der Waals surface area contributed by atoms with Crippen molar-refractivity contribution < 1.29 is 13.2 Å². The molecule has 1 saturated heterocycles. The highest BCUT2D eigenvalue weighted by atomic mass is 35.5. The molecule has 1 fully saturated rings. The summed E-state index contributed by atoms with van der Waals surface area (Å²) in [6.45, 7) is 4.25. The number of carbonyl (C=O) groups is 1. The first-order chi connectivity index (χ1) is 10.3. The fraction of sp³-hybridized carbons (Fsp3) is 0.533. The molecular weight excluding hydrogens is 324 g/mol. The maximum atomic E-state index is 12.4. The van der Waals surface area contributed by atoms with Gasteiger partial charge in [0.15, 0.2) is 0 Å². The molecule has 0 saturated carbocycles. The third-order valence-corrected chi connectivity index (χ3v) is 6.04. The van der Waals surface area contributed by atoms with E-state index in [-0.39, 0.29) is 24.1 Å². The molecule has 0 spiro atoms. The standard InChI is InChI=1S/C15H21ClN2O3S/c1-3-22(20,21)18-8-4-5-12(10-18)15(19)17-14-7-6-13(16)9-11(14)2/h6-7,9,12H,3-5,8,10H2,1-2H3,(H,17,19). The van der Waals surface area contributed by atoms with Crippen LogP contribution in [-0.2, 0) is 14.8 Å². The van der Waals surface area contributed by atoms with Crippen LogP contribution < -0.4 is 5.32 Å². The van der Waals surface area contributed by atoms with Crippen LogP contribution in [0.1, 0.15) is 25.3 Å². The van der Waals surface area contributed by atoms with E-state index in [1.54, 1.807) is 25.1 Å². The van der Waals surface area contributed by atoms with Crippen LogP contribution in [0.5, 0.6) is 0 Å². The largest absolute Gasteiger partial charge is 0.326 e. The second kappa shape index (κ2) is 6.98. The van der Waals surface area contributed by atoms with Crippen molar-refractivity contribution in [2.75, 3.05) is 24.2 Å². The van der Waals surface area contributed by atoms with Gasteiger partial charge in [0.2, 0.25) is 15.9 Å². The summed E-state index contributed by atoms with van der Waals surface area (Å²) in [6.07, 6.45) is 1.41. The number of piperidine rings is 1. The van der Waals surface area contributed by atoms with Crippen molar-refractivity contribution in [2.24, 2.45) is 5.92 Å². The number of halogens is 1. The Morgan fingerprint density at radius 3 is 2.82 bits per heavy atom. The van der Waals surface area contributed by atoms with Crippen molar-refractivity contribution in [2.45, 2.75) is 26.7 Å². The molecule has 22 heavy (non-hydrogen) atoms.